The van der Waals surface area contributed by atoms with E-state index in [0.29, 0.717) is 5.82 Å². The fourth-order valence-corrected chi connectivity index (χ4v) is 3.50. The molecule has 2 heterocycles. The Morgan fingerprint density at radius 3 is 2.61 bits per heavy atom. The summed E-state index contributed by atoms with van der Waals surface area (Å²) in [5.74, 6) is -0.371. The third kappa shape index (κ3) is 2.25. The van der Waals surface area contributed by atoms with Gasteiger partial charge >= 0.3 is 5.97 Å². The van der Waals surface area contributed by atoms with Gasteiger partial charge in [0.05, 0.1) is 6.42 Å². The van der Waals surface area contributed by atoms with E-state index in [1.165, 1.54) is 10.5 Å². The van der Waals surface area contributed by atoms with Crippen LogP contribution in [0.15, 0.2) is 11.2 Å². The van der Waals surface area contributed by atoms with Gasteiger partial charge in [0.1, 0.15) is 5.82 Å². The highest BCUT2D eigenvalue weighted by atomic mass is 32.2. The van der Waals surface area contributed by atoms with Crippen molar-refractivity contribution >= 4 is 16.0 Å². The average molecular weight is 273 g/mol. The quantitative estimate of drug-likeness (QED) is 0.821. The summed E-state index contributed by atoms with van der Waals surface area (Å²) in [5.41, 5.74) is 0. The van der Waals surface area contributed by atoms with Gasteiger partial charge in [-0.15, -0.1) is 0 Å². The Bertz CT molecular complexity index is 552. The first-order valence-electron chi connectivity index (χ1n) is 5.52. The van der Waals surface area contributed by atoms with Gasteiger partial charge in [-0.25, -0.2) is 13.4 Å². The highest BCUT2D eigenvalue weighted by molar-refractivity contribution is 7.89. The summed E-state index contributed by atoms with van der Waals surface area (Å²) in [6.45, 7) is 2.23. The van der Waals surface area contributed by atoms with E-state index >= 15 is 0 Å². The number of aryl methyl sites for hydroxylation is 2. The Labute approximate surface area is 105 Å². The maximum absolute atomic E-state index is 12.1. The maximum Gasteiger partial charge on any atom is 0.303 e. The Balaban J connectivity index is 2.08. The standard InChI is InChI=1S/C10H15N3O4S/c1-7-11-9(6-12(7)2)18(16,17)13-4-8(5-13)3-10(14)15/h6,8H,3-5H2,1-2H3,(H,14,15). The topological polar surface area (TPSA) is 92.5 Å². The van der Waals surface area contributed by atoms with Crippen molar-refractivity contribution in [2.24, 2.45) is 13.0 Å². The van der Waals surface area contributed by atoms with E-state index in [1.54, 1.807) is 18.5 Å². The Hall–Kier alpha value is -1.41. The summed E-state index contributed by atoms with van der Waals surface area (Å²) in [7, 11) is -1.84. The second-order valence-corrected chi connectivity index (χ2v) is 6.41. The van der Waals surface area contributed by atoms with Crippen molar-refractivity contribution in [3.05, 3.63) is 12.0 Å². The van der Waals surface area contributed by atoms with E-state index in [-0.39, 0.29) is 30.5 Å². The molecule has 0 saturated carbocycles. The third-order valence-corrected chi connectivity index (χ3v) is 4.78. The summed E-state index contributed by atoms with van der Waals surface area (Å²) in [4.78, 5) is 14.5. The second kappa shape index (κ2) is 4.36. The molecule has 0 aliphatic carbocycles. The van der Waals surface area contributed by atoms with E-state index in [4.69, 9.17) is 5.11 Å². The lowest BCUT2D eigenvalue weighted by atomic mass is 10.00. The predicted molar refractivity (Wildman–Crippen MR) is 62.4 cm³/mol. The van der Waals surface area contributed by atoms with Crippen molar-refractivity contribution < 1.29 is 18.3 Å². The Morgan fingerprint density at radius 1 is 1.56 bits per heavy atom. The van der Waals surface area contributed by atoms with Crippen LogP contribution in [0.25, 0.3) is 0 Å². The van der Waals surface area contributed by atoms with Crippen molar-refractivity contribution in [1.82, 2.24) is 13.9 Å². The highest BCUT2D eigenvalue weighted by Crippen LogP contribution is 2.26. The molecule has 1 aromatic heterocycles. The number of rotatable bonds is 4. The fourth-order valence-electron chi connectivity index (χ4n) is 1.88. The van der Waals surface area contributed by atoms with Gasteiger partial charge in [0.25, 0.3) is 10.0 Å². The minimum Gasteiger partial charge on any atom is -0.481 e. The SMILES string of the molecule is Cc1nc(S(=O)(=O)N2CC(CC(=O)O)C2)cn1C. The van der Waals surface area contributed by atoms with Crippen LogP contribution in [0.1, 0.15) is 12.2 Å². The van der Waals surface area contributed by atoms with Gasteiger partial charge in [-0.1, -0.05) is 0 Å². The van der Waals surface area contributed by atoms with Crippen molar-refractivity contribution in [2.75, 3.05) is 13.1 Å². The lowest BCUT2D eigenvalue weighted by Gasteiger charge is -2.36. The van der Waals surface area contributed by atoms with Crippen LogP contribution in [-0.2, 0) is 21.9 Å². The molecule has 0 unspecified atom stereocenters. The van der Waals surface area contributed by atoms with Crippen LogP contribution in [0.3, 0.4) is 0 Å². The number of carboxylic acids is 1. The van der Waals surface area contributed by atoms with Gasteiger partial charge in [0.2, 0.25) is 0 Å². The fraction of sp³-hybridized carbons (Fsp3) is 0.600. The molecular weight excluding hydrogens is 258 g/mol. The molecule has 0 atom stereocenters. The van der Waals surface area contributed by atoms with Crippen molar-refractivity contribution in [1.29, 1.82) is 0 Å². The van der Waals surface area contributed by atoms with Crippen LogP contribution in [0.5, 0.6) is 0 Å². The predicted octanol–water partition coefficient (Wildman–Crippen LogP) is -0.176. The van der Waals surface area contributed by atoms with Gasteiger partial charge in [-0.2, -0.15) is 4.31 Å². The summed E-state index contributed by atoms with van der Waals surface area (Å²) in [6, 6.07) is 0. The minimum atomic E-state index is -3.56. The zero-order valence-corrected chi connectivity index (χ0v) is 11.0. The number of carboxylic acid groups (broad SMARTS) is 1. The molecule has 0 aromatic carbocycles. The van der Waals surface area contributed by atoms with Gasteiger partial charge in [-0.3, -0.25) is 4.79 Å². The van der Waals surface area contributed by atoms with E-state index in [2.05, 4.69) is 4.98 Å². The molecule has 1 aliphatic rings. The molecule has 0 amide bonds. The molecule has 1 aliphatic heterocycles. The molecular formula is C10H15N3O4S. The van der Waals surface area contributed by atoms with Crippen LogP contribution < -0.4 is 0 Å². The van der Waals surface area contributed by atoms with Gasteiger partial charge in [0.15, 0.2) is 5.03 Å². The normalized spacial score (nSPS) is 17.7. The lowest BCUT2D eigenvalue weighted by molar-refractivity contribution is -0.139. The van der Waals surface area contributed by atoms with Crippen molar-refractivity contribution in [2.45, 2.75) is 18.4 Å². The smallest absolute Gasteiger partial charge is 0.303 e. The molecule has 1 N–H and O–H groups in total. The molecule has 7 nitrogen and oxygen atoms in total. The third-order valence-electron chi connectivity index (χ3n) is 3.08. The molecule has 1 aromatic rings. The van der Waals surface area contributed by atoms with E-state index in [1.807, 2.05) is 0 Å². The average Bonchev–Trinajstić information content (AvgIpc) is 2.52. The van der Waals surface area contributed by atoms with E-state index in [9.17, 15) is 13.2 Å². The van der Waals surface area contributed by atoms with Crippen molar-refractivity contribution in [3.8, 4) is 0 Å². The van der Waals surface area contributed by atoms with E-state index < -0.39 is 16.0 Å². The monoisotopic (exact) mass is 273 g/mol. The number of hydrogen-bond acceptors (Lipinski definition) is 4. The molecule has 0 spiro atoms. The van der Waals surface area contributed by atoms with Gasteiger partial charge in [-0.05, 0) is 12.8 Å². The maximum atomic E-state index is 12.1. The van der Waals surface area contributed by atoms with Crippen LogP contribution in [-0.4, -0.2) is 46.4 Å². The molecule has 100 valence electrons. The number of aromatic nitrogens is 2. The first-order valence-corrected chi connectivity index (χ1v) is 6.96. The summed E-state index contributed by atoms with van der Waals surface area (Å²) in [6.07, 6.45) is 1.47. The molecule has 2 rings (SSSR count). The number of carbonyl (C=O) groups is 1. The van der Waals surface area contributed by atoms with Gasteiger partial charge in [0, 0.05) is 26.3 Å². The van der Waals surface area contributed by atoms with Gasteiger partial charge < -0.3 is 9.67 Å². The Morgan fingerprint density at radius 2 is 2.17 bits per heavy atom. The first kappa shape index (κ1) is 13.0. The van der Waals surface area contributed by atoms with Crippen LogP contribution in [0.2, 0.25) is 0 Å². The number of hydrogen-bond donors (Lipinski definition) is 1. The highest BCUT2D eigenvalue weighted by Gasteiger charge is 2.38. The Kier molecular flexibility index (Phi) is 3.16. The zero-order valence-electron chi connectivity index (χ0n) is 10.2. The molecule has 8 heteroatoms. The number of nitrogens with zero attached hydrogens (tertiary/aromatic N) is 3. The van der Waals surface area contributed by atoms with Crippen LogP contribution >= 0.6 is 0 Å². The molecule has 18 heavy (non-hydrogen) atoms. The number of imidazole rings is 1. The zero-order chi connectivity index (χ0) is 13.5. The van der Waals surface area contributed by atoms with Crippen LogP contribution in [0, 0.1) is 12.8 Å². The van der Waals surface area contributed by atoms with E-state index in [0.717, 1.165) is 0 Å². The molecule has 1 fully saturated rings. The summed E-state index contributed by atoms with van der Waals surface area (Å²) < 4.78 is 27.1. The second-order valence-electron chi connectivity index (χ2n) is 4.52. The summed E-state index contributed by atoms with van der Waals surface area (Å²) in [5, 5.41) is 8.64. The lowest BCUT2D eigenvalue weighted by Crippen LogP contribution is -2.50. The molecule has 0 radical (unpaired) electrons. The van der Waals surface area contributed by atoms with Crippen molar-refractivity contribution in [3.63, 3.8) is 0 Å². The minimum absolute atomic E-state index is 0.00721. The number of sulfonamides is 1. The molecule has 0 bridgehead atoms. The summed E-state index contributed by atoms with van der Waals surface area (Å²) >= 11 is 0. The molecule has 1 saturated heterocycles. The van der Waals surface area contributed by atoms with Crippen LogP contribution in [0.4, 0.5) is 0 Å². The first-order chi connectivity index (χ1) is 8.30. The largest absolute Gasteiger partial charge is 0.481 e. The number of aliphatic carboxylic acids is 1.